The highest BCUT2D eigenvalue weighted by Gasteiger charge is 2.19. The van der Waals surface area contributed by atoms with E-state index in [-0.39, 0.29) is 22.6 Å². The molecule has 2 N–H and O–H groups in total. The van der Waals surface area contributed by atoms with Crippen LogP contribution < -0.4 is 10.6 Å². The number of amides is 2. The standard InChI is InChI=1S/C14H16BrN3O2S/c1-7(2)12(15)13(20)18-14-17-10-5-4-9(16-8(3)19)6-11(10)21-14/h4-7,12H,1-3H3,(H,16,19)(H,17,18,20)/t12-/m1/s1. The van der Waals surface area contributed by atoms with Crippen molar-refractivity contribution in [3.05, 3.63) is 18.2 Å². The van der Waals surface area contributed by atoms with E-state index in [2.05, 4.69) is 31.5 Å². The lowest BCUT2D eigenvalue weighted by atomic mass is 10.1. The highest BCUT2D eigenvalue weighted by molar-refractivity contribution is 9.10. The van der Waals surface area contributed by atoms with Crippen molar-refractivity contribution in [1.29, 1.82) is 0 Å². The lowest BCUT2D eigenvalue weighted by molar-refractivity contribution is -0.116. The van der Waals surface area contributed by atoms with Crippen molar-refractivity contribution >= 4 is 60.1 Å². The predicted octanol–water partition coefficient (Wildman–Crippen LogP) is 3.61. The van der Waals surface area contributed by atoms with Crippen LogP contribution in [0.5, 0.6) is 0 Å². The normalized spacial score (nSPS) is 12.4. The van der Waals surface area contributed by atoms with Crippen molar-refractivity contribution in [3.63, 3.8) is 0 Å². The van der Waals surface area contributed by atoms with Crippen molar-refractivity contribution in [2.45, 2.75) is 25.6 Å². The van der Waals surface area contributed by atoms with E-state index in [0.29, 0.717) is 5.13 Å². The number of thiazole rings is 1. The molecule has 0 bridgehead atoms. The van der Waals surface area contributed by atoms with Crippen molar-refractivity contribution in [2.24, 2.45) is 5.92 Å². The fraction of sp³-hybridized carbons (Fsp3) is 0.357. The molecule has 2 amide bonds. The fourth-order valence-corrected chi connectivity index (χ4v) is 2.76. The lowest BCUT2D eigenvalue weighted by Gasteiger charge is -2.11. The van der Waals surface area contributed by atoms with E-state index in [1.54, 1.807) is 6.07 Å². The summed E-state index contributed by atoms with van der Waals surface area (Å²) in [5, 5.41) is 6.09. The molecule has 2 aromatic rings. The number of halogens is 1. The number of nitrogens with one attached hydrogen (secondary N) is 2. The van der Waals surface area contributed by atoms with E-state index in [0.717, 1.165) is 15.9 Å². The molecule has 0 aliphatic heterocycles. The summed E-state index contributed by atoms with van der Waals surface area (Å²) in [5.41, 5.74) is 1.51. The number of nitrogens with zero attached hydrogens (tertiary/aromatic N) is 1. The summed E-state index contributed by atoms with van der Waals surface area (Å²) in [6, 6.07) is 5.45. The summed E-state index contributed by atoms with van der Waals surface area (Å²) in [4.78, 5) is 27.2. The van der Waals surface area contributed by atoms with Gasteiger partial charge < -0.3 is 10.6 Å². The number of fused-ring (bicyclic) bond motifs is 1. The van der Waals surface area contributed by atoms with Crippen LogP contribution in [0.2, 0.25) is 0 Å². The molecule has 0 fully saturated rings. The molecular weight excluding hydrogens is 354 g/mol. The minimum atomic E-state index is -0.251. The van der Waals surface area contributed by atoms with Crippen molar-refractivity contribution in [2.75, 3.05) is 10.6 Å². The van der Waals surface area contributed by atoms with E-state index in [1.165, 1.54) is 18.3 Å². The first kappa shape index (κ1) is 15.9. The molecule has 0 unspecified atom stereocenters. The summed E-state index contributed by atoms with van der Waals surface area (Å²) in [6.07, 6.45) is 0. The zero-order valence-corrected chi connectivity index (χ0v) is 14.3. The quantitative estimate of drug-likeness (QED) is 0.808. The summed E-state index contributed by atoms with van der Waals surface area (Å²) < 4.78 is 0.909. The highest BCUT2D eigenvalue weighted by atomic mass is 79.9. The van der Waals surface area contributed by atoms with Gasteiger partial charge in [0, 0.05) is 12.6 Å². The van der Waals surface area contributed by atoms with Gasteiger partial charge in [-0.25, -0.2) is 4.98 Å². The summed E-state index contributed by atoms with van der Waals surface area (Å²) in [7, 11) is 0. The highest BCUT2D eigenvalue weighted by Crippen LogP contribution is 2.29. The number of hydrogen-bond donors (Lipinski definition) is 2. The van der Waals surface area contributed by atoms with E-state index >= 15 is 0 Å². The minimum Gasteiger partial charge on any atom is -0.326 e. The Morgan fingerprint density at radius 2 is 2.00 bits per heavy atom. The zero-order valence-electron chi connectivity index (χ0n) is 11.9. The number of carbonyl (C=O) groups excluding carboxylic acids is 2. The van der Waals surface area contributed by atoms with Crippen LogP contribution in [0.3, 0.4) is 0 Å². The second-order valence-electron chi connectivity index (χ2n) is 5.02. The number of hydrogen-bond acceptors (Lipinski definition) is 4. The molecule has 2 rings (SSSR count). The van der Waals surface area contributed by atoms with Crippen LogP contribution in [0, 0.1) is 5.92 Å². The molecule has 5 nitrogen and oxygen atoms in total. The Bertz CT molecular complexity index is 684. The first-order valence-corrected chi connectivity index (χ1v) is 8.23. The van der Waals surface area contributed by atoms with Crippen molar-refractivity contribution in [1.82, 2.24) is 4.98 Å². The van der Waals surface area contributed by atoms with Gasteiger partial charge >= 0.3 is 0 Å². The Morgan fingerprint density at radius 3 is 2.62 bits per heavy atom. The fourth-order valence-electron chi connectivity index (χ4n) is 1.74. The maximum Gasteiger partial charge on any atom is 0.240 e. The van der Waals surface area contributed by atoms with Crippen LogP contribution in [-0.2, 0) is 9.59 Å². The molecule has 1 aromatic carbocycles. The van der Waals surface area contributed by atoms with E-state index in [4.69, 9.17) is 0 Å². The Kier molecular flexibility index (Phi) is 4.95. The zero-order chi connectivity index (χ0) is 15.6. The smallest absolute Gasteiger partial charge is 0.240 e. The second kappa shape index (κ2) is 6.53. The number of aromatic nitrogens is 1. The molecule has 21 heavy (non-hydrogen) atoms. The van der Waals surface area contributed by atoms with Gasteiger partial charge in [-0.05, 0) is 24.1 Å². The maximum absolute atomic E-state index is 12.0. The van der Waals surface area contributed by atoms with Gasteiger partial charge in [0.25, 0.3) is 0 Å². The van der Waals surface area contributed by atoms with Crippen LogP contribution >= 0.6 is 27.3 Å². The number of carbonyl (C=O) groups is 2. The third kappa shape index (κ3) is 4.01. The van der Waals surface area contributed by atoms with Gasteiger partial charge in [0.2, 0.25) is 11.8 Å². The molecule has 0 radical (unpaired) electrons. The first-order chi connectivity index (χ1) is 9.86. The van der Waals surface area contributed by atoms with Gasteiger partial charge in [0.05, 0.1) is 15.0 Å². The van der Waals surface area contributed by atoms with Gasteiger partial charge in [-0.2, -0.15) is 0 Å². The van der Waals surface area contributed by atoms with Gasteiger partial charge in [-0.15, -0.1) is 0 Å². The third-order valence-corrected chi connectivity index (χ3v) is 5.18. The summed E-state index contributed by atoms with van der Waals surface area (Å²) in [5.74, 6) is -0.0247. The SMILES string of the molecule is CC(=O)Nc1ccc2nc(NC(=O)[C@H](Br)C(C)C)sc2c1. The van der Waals surface area contributed by atoms with Crippen molar-refractivity contribution in [3.8, 4) is 0 Å². The molecule has 0 aliphatic carbocycles. The van der Waals surface area contributed by atoms with Crippen LogP contribution in [-0.4, -0.2) is 21.6 Å². The molecule has 0 saturated carbocycles. The van der Waals surface area contributed by atoms with E-state index in [1.807, 2.05) is 26.0 Å². The van der Waals surface area contributed by atoms with Crippen molar-refractivity contribution < 1.29 is 9.59 Å². The molecule has 0 aliphatic rings. The van der Waals surface area contributed by atoms with Gasteiger partial charge in [-0.1, -0.05) is 41.1 Å². The molecule has 0 saturated heterocycles. The maximum atomic E-state index is 12.0. The largest absolute Gasteiger partial charge is 0.326 e. The van der Waals surface area contributed by atoms with Crippen LogP contribution in [0.15, 0.2) is 18.2 Å². The van der Waals surface area contributed by atoms with E-state index < -0.39 is 0 Å². The average Bonchev–Trinajstić information content (AvgIpc) is 2.78. The minimum absolute atomic E-state index is 0.105. The van der Waals surface area contributed by atoms with E-state index in [9.17, 15) is 9.59 Å². The molecule has 1 aromatic heterocycles. The Labute approximate surface area is 135 Å². The Morgan fingerprint density at radius 1 is 1.29 bits per heavy atom. The molecule has 0 spiro atoms. The topological polar surface area (TPSA) is 71.1 Å². The Hall–Kier alpha value is -1.47. The summed E-state index contributed by atoms with van der Waals surface area (Å²) in [6.45, 7) is 5.40. The number of alkyl halides is 1. The Balaban J connectivity index is 2.19. The number of anilines is 2. The molecular formula is C14H16BrN3O2S. The predicted molar refractivity (Wildman–Crippen MR) is 90.1 cm³/mol. The number of rotatable bonds is 4. The lowest BCUT2D eigenvalue weighted by Crippen LogP contribution is -2.26. The number of benzene rings is 1. The molecule has 1 heterocycles. The molecule has 1 atom stereocenters. The average molecular weight is 370 g/mol. The van der Waals surface area contributed by atoms with Gasteiger partial charge in [0.15, 0.2) is 5.13 Å². The molecule has 112 valence electrons. The monoisotopic (exact) mass is 369 g/mol. The van der Waals surface area contributed by atoms with Gasteiger partial charge in [0.1, 0.15) is 0 Å². The second-order valence-corrected chi connectivity index (χ2v) is 7.03. The third-order valence-electron chi connectivity index (χ3n) is 2.77. The van der Waals surface area contributed by atoms with Crippen LogP contribution in [0.1, 0.15) is 20.8 Å². The summed E-state index contributed by atoms with van der Waals surface area (Å²) >= 11 is 4.75. The first-order valence-electron chi connectivity index (χ1n) is 6.50. The van der Waals surface area contributed by atoms with Crippen LogP contribution in [0.4, 0.5) is 10.8 Å². The van der Waals surface area contributed by atoms with Gasteiger partial charge in [-0.3, -0.25) is 9.59 Å². The molecule has 7 heteroatoms. The van der Waals surface area contributed by atoms with Crippen LogP contribution in [0.25, 0.3) is 10.2 Å².